The van der Waals surface area contributed by atoms with Gasteiger partial charge in [0.15, 0.2) is 0 Å². The number of carbonyl (C=O) groups excluding carboxylic acids is 1. The van der Waals surface area contributed by atoms with Gasteiger partial charge in [-0.15, -0.1) is 0 Å². The topological polar surface area (TPSA) is 66.9 Å². The zero-order chi connectivity index (χ0) is 24.1. The molecule has 176 valence electrons. The SMILES string of the molecule is COC(=O)N(C#CC1=CCCCC1)c1ccccc1C1=CN(S(=O)(=O)c2ccc(C)cc2)CC1. The maximum atomic E-state index is 13.1. The first-order chi connectivity index (χ1) is 16.4. The minimum Gasteiger partial charge on any atom is -0.452 e. The highest BCUT2D eigenvalue weighted by atomic mass is 32.2. The summed E-state index contributed by atoms with van der Waals surface area (Å²) in [5, 5.41) is 0. The van der Waals surface area contributed by atoms with Gasteiger partial charge in [0.1, 0.15) is 0 Å². The van der Waals surface area contributed by atoms with Crippen LogP contribution >= 0.6 is 0 Å². The van der Waals surface area contributed by atoms with Gasteiger partial charge >= 0.3 is 6.09 Å². The quantitative estimate of drug-likeness (QED) is 0.434. The highest BCUT2D eigenvalue weighted by Crippen LogP contribution is 2.35. The Morgan fingerprint density at radius 1 is 1.06 bits per heavy atom. The van der Waals surface area contributed by atoms with Crippen LogP contribution in [0.4, 0.5) is 10.5 Å². The lowest BCUT2D eigenvalue weighted by Crippen LogP contribution is -2.26. The van der Waals surface area contributed by atoms with E-state index in [1.54, 1.807) is 36.5 Å². The Morgan fingerprint density at radius 3 is 2.53 bits per heavy atom. The van der Waals surface area contributed by atoms with E-state index in [1.165, 1.54) is 16.3 Å². The molecule has 0 radical (unpaired) electrons. The Balaban J connectivity index is 1.68. The Labute approximate surface area is 201 Å². The molecule has 0 aromatic heterocycles. The number of hydrogen-bond acceptors (Lipinski definition) is 4. The number of hydrogen-bond donors (Lipinski definition) is 0. The van der Waals surface area contributed by atoms with Crippen molar-refractivity contribution in [3.05, 3.63) is 77.5 Å². The van der Waals surface area contributed by atoms with Crippen molar-refractivity contribution < 1.29 is 17.9 Å². The number of allylic oxidation sites excluding steroid dienone is 2. The third-order valence-electron chi connectivity index (χ3n) is 6.00. The molecule has 0 saturated carbocycles. The molecule has 1 aliphatic heterocycles. The molecule has 2 aromatic rings. The fraction of sp³-hybridized carbons (Fsp3) is 0.296. The molecule has 0 unspecified atom stereocenters. The maximum absolute atomic E-state index is 13.1. The van der Waals surface area contributed by atoms with Crippen molar-refractivity contribution in [3.63, 3.8) is 0 Å². The predicted octanol–water partition coefficient (Wildman–Crippen LogP) is 5.46. The molecule has 2 aromatic carbocycles. The third kappa shape index (κ3) is 5.02. The number of sulfonamides is 1. The molecule has 6 nitrogen and oxygen atoms in total. The van der Waals surface area contributed by atoms with Crippen LogP contribution in [-0.2, 0) is 14.8 Å². The molecule has 0 bridgehead atoms. The van der Waals surface area contributed by atoms with E-state index in [2.05, 4.69) is 18.0 Å². The van der Waals surface area contributed by atoms with Crippen LogP contribution in [-0.4, -0.2) is 32.5 Å². The monoisotopic (exact) mass is 476 g/mol. The fourth-order valence-corrected chi connectivity index (χ4v) is 5.44. The molecule has 0 fully saturated rings. The van der Waals surface area contributed by atoms with E-state index >= 15 is 0 Å². The second-order valence-electron chi connectivity index (χ2n) is 8.37. The maximum Gasteiger partial charge on any atom is 0.426 e. The van der Waals surface area contributed by atoms with Crippen LogP contribution in [0.15, 0.2) is 71.3 Å². The van der Waals surface area contributed by atoms with Gasteiger partial charge in [-0.1, -0.05) is 42.0 Å². The summed E-state index contributed by atoms with van der Waals surface area (Å²) in [6.45, 7) is 2.25. The number of amides is 1. The normalized spacial score (nSPS) is 15.6. The van der Waals surface area contributed by atoms with Crippen LogP contribution in [0.5, 0.6) is 0 Å². The van der Waals surface area contributed by atoms with Gasteiger partial charge in [0.05, 0.1) is 17.7 Å². The minimum absolute atomic E-state index is 0.256. The summed E-state index contributed by atoms with van der Waals surface area (Å²) in [7, 11) is -2.34. The fourth-order valence-electron chi connectivity index (χ4n) is 4.09. The summed E-state index contributed by atoms with van der Waals surface area (Å²) in [4.78, 5) is 14.2. The predicted molar refractivity (Wildman–Crippen MR) is 133 cm³/mol. The smallest absolute Gasteiger partial charge is 0.426 e. The molecule has 0 N–H and O–H groups in total. The van der Waals surface area contributed by atoms with Gasteiger partial charge in [-0.2, -0.15) is 0 Å². The molecule has 1 aliphatic carbocycles. The summed E-state index contributed by atoms with van der Waals surface area (Å²) >= 11 is 0. The van der Waals surface area contributed by atoms with Crippen LogP contribution in [0.1, 0.15) is 43.2 Å². The Hall–Kier alpha value is -3.50. The van der Waals surface area contributed by atoms with Gasteiger partial charge < -0.3 is 4.74 Å². The largest absolute Gasteiger partial charge is 0.452 e. The van der Waals surface area contributed by atoms with Crippen LogP contribution in [0.25, 0.3) is 5.57 Å². The van der Waals surface area contributed by atoms with Gasteiger partial charge in [0, 0.05) is 24.4 Å². The Bertz CT molecular complexity index is 1300. The molecule has 1 heterocycles. The van der Waals surface area contributed by atoms with Crippen molar-refractivity contribution in [1.29, 1.82) is 0 Å². The number of rotatable bonds is 4. The van der Waals surface area contributed by atoms with Crippen molar-refractivity contribution in [2.75, 3.05) is 18.6 Å². The van der Waals surface area contributed by atoms with Crippen LogP contribution < -0.4 is 4.90 Å². The van der Waals surface area contributed by atoms with E-state index in [4.69, 9.17) is 4.74 Å². The zero-order valence-corrected chi connectivity index (χ0v) is 20.3. The second-order valence-corrected chi connectivity index (χ2v) is 10.3. The first kappa shape index (κ1) is 23.7. The van der Waals surface area contributed by atoms with E-state index in [0.717, 1.165) is 48.0 Å². The average molecular weight is 477 g/mol. The standard InChI is InChI=1S/C27H28N2O4S/c1-21-12-14-24(15-13-21)34(31,32)28-18-17-23(20-28)25-10-6-7-11-26(25)29(27(30)33-2)19-16-22-8-4-3-5-9-22/h6-8,10-15,20H,3-5,9,17-18H2,1-2H3. The number of benzene rings is 2. The number of para-hydroxylation sites is 1. The van der Waals surface area contributed by atoms with E-state index in [-0.39, 0.29) is 4.90 Å². The van der Waals surface area contributed by atoms with Crippen molar-refractivity contribution in [2.45, 2.75) is 43.9 Å². The summed E-state index contributed by atoms with van der Waals surface area (Å²) in [6.07, 6.45) is 7.86. The van der Waals surface area contributed by atoms with Gasteiger partial charge in [-0.3, -0.25) is 4.31 Å². The van der Waals surface area contributed by atoms with Crippen LogP contribution in [0.3, 0.4) is 0 Å². The van der Waals surface area contributed by atoms with E-state index < -0.39 is 16.1 Å². The number of carbonyl (C=O) groups is 1. The van der Waals surface area contributed by atoms with Crippen LogP contribution in [0.2, 0.25) is 0 Å². The van der Waals surface area contributed by atoms with Gasteiger partial charge in [-0.05, 0) is 74.3 Å². The van der Waals surface area contributed by atoms with Gasteiger partial charge in [0.2, 0.25) is 0 Å². The van der Waals surface area contributed by atoms with Crippen molar-refractivity contribution in [2.24, 2.45) is 0 Å². The second kappa shape index (κ2) is 10.2. The lowest BCUT2D eigenvalue weighted by molar-refractivity contribution is 0.182. The van der Waals surface area contributed by atoms with Crippen molar-refractivity contribution in [3.8, 4) is 12.0 Å². The lowest BCUT2D eigenvalue weighted by Gasteiger charge is -2.18. The average Bonchev–Trinajstić information content (AvgIpc) is 3.36. The first-order valence-electron chi connectivity index (χ1n) is 11.4. The summed E-state index contributed by atoms with van der Waals surface area (Å²) in [6, 6.07) is 17.2. The molecule has 4 rings (SSSR count). The molecular formula is C27H28N2O4S. The summed E-state index contributed by atoms with van der Waals surface area (Å²) in [5.41, 5.74) is 4.16. The number of methoxy groups -OCH3 is 1. The lowest BCUT2D eigenvalue weighted by atomic mass is 10.0. The summed E-state index contributed by atoms with van der Waals surface area (Å²) < 4.78 is 32.7. The Kier molecular flexibility index (Phi) is 7.09. The summed E-state index contributed by atoms with van der Waals surface area (Å²) in [5.74, 6) is 3.12. The zero-order valence-electron chi connectivity index (χ0n) is 19.5. The molecule has 2 aliphatic rings. The number of aryl methyl sites for hydroxylation is 1. The highest BCUT2D eigenvalue weighted by molar-refractivity contribution is 7.89. The van der Waals surface area contributed by atoms with E-state index in [1.807, 2.05) is 25.1 Å². The molecule has 0 spiro atoms. The number of nitrogens with zero attached hydrogens (tertiary/aromatic N) is 2. The van der Waals surface area contributed by atoms with Crippen molar-refractivity contribution in [1.82, 2.24) is 4.31 Å². The van der Waals surface area contributed by atoms with E-state index in [0.29, 0.717) is 18.7 Å². The minimum atomic E-state index is -3.66. The molecule has 7 heteroatoms. The Morgan fingerprint density at radius 2 is 1.82 bits per heavy atom. The molecule has 0 atom stereocenters. The molecule has 34 heavy (non-hydrogen) atoms. The molecular weight excluding hydrogens is 448 g/mol. The first-order valence-corrected chi connectivity index (χ1v) is 12.8. The molecule has 1 amide bonds. The van der Waals surface area contributed by atoms with Crippen molar-refractivity contribution >= 4 is 27.4 Å². The highest BCUT2D eigenvalue weighted by Gasteiger charge is 2.28. The van der Waals surface area contributed by atoms with E-state index in [9.17, 15) is 13.2 Å². The third-order valence-corrected chi connectivity index (χ3v) is 7.77. The molecule has 0 saturated heterocycles. The van der Waals surface area contributed by atoms with Gasteiger partial charge in [0.25, 0.3) is 10.0 Å². The van der Waals surface area contributed by atoms with Crippen LogP contribution in [0, 0.1) is 18.9 Å². The number of ether oxygens (including phenoxy) is 1. The number of anilines is 1. The van der Waals surface area contributed by atoms with Gasteiger partial charge in [-0.25, -0.2) is 18.1 Å².